The van der Waals surface area contributed by atoms with E-state index in [1.807, 2.05) is 48.5 Å². The molecule has 6 rings (SSSR count). The molecule has 0 aromatic heterocycles. The molecule has 0 bridgehead atoms. The molecule has 2 heteroatoms. The lowest BCUT2D eigenvalue weighted by molar-refractivity contribution is 1.48. The van der Waals surface area contributed by atoms with Gasteiger partial charge in [-0.2, -0.15) is 5.26 Å². The minimum atomic E-state index is 0.652. The Balaban J connectivity index is 1.42. The zero-order valence-electron chi connectivity index (χ0n) is 20.6. The minimum Gasteiger partial charge on any atom is -0.238 e. The van der Waals surface area contributed by atoms with E-state index in [0.29, 0.717) is 11.3 Å². The third kappa shape index (κ3) is 4.44. The highest BCUT2D eigenvalue weighted by Gasteiger charge is 2.09. The van der Waals surface area contributed by atoms with Crippen molar-refractivity contribution in [3.63, 3.8) is 0 Å². The predicted octanol–water partition coefficient (Wildman–Crippen LogP) is 9.91. The summed E-state index contributed by atoms with van der Waals surface area (Å²) in [6.07, 6.45) is 8.42. The highest BCUT2D eigenvalue weighted by atomic mass is 14.6. The highest BCUT2D eigenvalue weighted by Crippen LogP contribution is 2.36. The molecule has 0 aliphatic heterocycles. The van der Waals surface area contributed by atoms with Crippen LogP contribution in [0.2, 0.25) is 0 Å². The first kappa shape index (κ1) is 23.0. The molecule has 0 atom stereocenters. The van der Waals surface area contributed by atoms with Gasteiger partial charge in [-0.25, -0.2) is 4.85 Å². The fourth-order valence-corrected chi connectivity index (χ4v) is 4.91. The monoisotopic (exact) mass is 482 g/mol. The summed E-state index contributed by atoms with van der Waals surface area (Å²) in [4.78, 5) is 3.47. The van der Waals surface area contributed by atoms with Crippen LogP contribution in [0, 0.1) is 17.9 Å². The van der Waals surface area contributed by atoms with Crippen molar-refractivity contribution in [1.82, 2.24) is 0 Å². The van der Waals surface area contributed by atoms with Gasteiger partial charge in [0.05, 0.1) is 18.2 Å². The zero-order valence-corrected chi connectivity index (χ0v) is 20.6. The SMILES string of the molecule is [C-]#[N+]c1ccc(/C=C/c2ccc3c4ccc(/C=C/c5ccc(C#N)cc5)cc4c4ccccc4c3c2)cc1. The van der Waals surface area contributed by atoms with Crippen LogP contribution in [0.4, 0.5) is 5.69 Å². The van der Waals surface area contributed by atoms with E-state index in [2.05, 4.69) is 95.9 Å². The molecule has 6 aromatic rings. The Bertz CT molecular complexity index is 1790. The second-order valence-corrected chi connectivity index (χ2v) is 9.26. The van der Waals surface area contributed by atoms with E-state index >= 15 is 0 Å². The van der Waals surface area contributed by atoms with Crippen LogP contribution in [0.5, 0.6) is 0 Å². The molecular formula is C36H22N2. The van der Waals surface area contributed by atoms with Crippen molar-refractivity contribution >= 4 is 62.3 Å². The van der Waals surface area contributed by atoms with Gasteiger partial charge in [0.25, 0.3) is 0 Å². The molecule has 0 saturated carbocycles. The van der Waals surface area contributed by atoms with Gasteiger partial charge < -0.3 is 0 Å². The summed E-state index contributed by atoms with van der Waals surface area (Å²) in [6, 6.07) is 39.3. The number of hydrogen-bond donors (Lipinski definition) is 0. The van der Waals surface area contributed by atoms with E-state index in [1.165, 1.54) is 32.3 Å². The molecule has 176 valence electrons. The second kappa shape index (κ2) is 9.90. The Hall–Kier alpha value is -5.44. The van der Waals surface area contributed by atoms with Gasteiger partial charge >= 0.3 is 0 Å². The Morgan fingerprint density at radius 3 is 1.39 bits per heavy atom. The van der Waals surface area contributed by atoms with Crippen molar-refractivity contribution in [3.05, 3.63) is 148 Å². The summed E-state index contributed by atoms with van der Waals surface area (Å²) in [5.74, 6) is 0. The van der Waals surface area contributed by atoms with E-state index in [0.717, 1.165) is 22.3 Å². The number of hydrogen-bond acceptors (Lipinski definition) is 1. The molecule has 2 nitrogen and oxygen atoms in total. The van der Waals surface area contributed by atoms with Crippen LogP contribution in [-0.2, 0) is 0 Å². The molecule has 0 aliphatic carbocycles. The van der Waals surface area contributed by atoms with Gasteiger partial charge in [-0.05, 0) is 78.8 Å². The van der Waals surface area contributed by atoms with E-state index in [1.54, 1.807) is 0 Å². The van der Waals surface area contributed by atoms with Crippen LogP contribution in [0.1, 0.15) is 27.8 Å². The maximum atomic E-state index is 9.02. The van der Waals surface area contributed by atoms with Crippen molar-refractivity contribution in [2.75, 3.05) is 0 Å². The predicted molar refractivity (Wildman–Crippen MR) is 161 cm³/mol. The first-order valence-electron chi connectivity index (χ1n) is 12.4. The summed E-state index contributed by atoms with van der Waals surface area (Å²) in [5.41, 5.74) is 5.73. The lowest BCUT2D eigenvalue weighted by Crippen LogP contribution is -1.85. The Kier molecular flexibility index (Phi) is 5.99. The molecule has 0 amide bonds. The number of rotatable bonds is 4. The third-order valence-electron chi connectivity index (χ3n) is 6.88. The normalized spacial score (nSPS) is 11.4. The molecule has 0 radical (unpaired) electrons. The minimum absolute atomic E-state index is 0.652. The summed E-state index contributed by atoms with van der Waals surface area (Å²) >= 11 is 0. The van der Waals surface area contributed by atoms with Gasteiger partial charge in [-0.1, -0.05) is 109 Å². The van der Waals surface area contributed by atoms with Crippen LogP contribution in [0.3, 0.4) is 0 Å². The molecule has 0 saturated heterocycles. The number of benzene rings is 6. The van der Waals surface area contributed by atoms with Crippen LogP contribution >= 0.6 is 0 Å². The van der Waals surface area contributed by atoms with E-state index in [4.69, 9.17) is 11.8 Å². The summed E-state index contributed by atoms with van der Waals surface area (Å²) in [6.45, 7) is 7.13. The van der Waals surface area contributed by atoms with E-state index < -0.39 is 0 Å². The molecular weight excluding hydrogens is 460 g/mol. The molecule has 0 unspecified atom stereocenters. The lowest BCUT2D eigenvalue weighted by atomic mass is 9.92. The largest absolute Gasteiger partial charge is 0.238 e. The number of nitriles is 1. The van der Waals surface area contributed by atoms with Gasteiger partial charge in [0.15, 0.2) is 5.69 Å². The Morgan fingerprint density at radius 1 is 0.500 bits per heavy atom. The summed E-state index contributed by atoms with van der Waals surface area (Å²) in [7, 11) is 0. The molecule has 0 fully saturated rings. The van der Waals surface area contributed by atoms with Gasteiger partial charge in [0, 0.05) is 0 Å². The molecule has 38 heavy (non-hydrogen) atoms. The molecule has 6 aromatic carbocycles. The van der Waals surface area contributed by atoms with Crippen LogP contribution < -0.4 is 0 Å². The lowest BCUT2D eigenvalue weighted by Gasteiger charge is -2.12. The number of nitrogens with zero attached hydrogens (tertiary/aromatic N) is 2. The first-order valence-corrected chi connectivity index (χ1v) is 12.4. The Morgan fingerprint density at radius 2 is 0.921 bits per heavy atom. The second-order valence-electron chi connectivity index (χ2n) is 9.26. The van der Waals surface area contributed by atoms with E-state index in [9.17, 15) is 0 Å². The maximum absolute atomic E-state index is 9.02. The maximum Gasteiger partial charge on any atom is 0.187 e. The van der Waals surface area contributed by atoms with Crippen LogP contribution in [0.15, 0.2) is 109 Å². The van der Waals surface area contributed by atoms with Crippen molar-refractivity contribution in [2.24, 2.45) is 0 Å². The molecule has 0 spiro atoms. The smallest absolute Gasteiger partial charge is 0.187 e. The zero-order chi connectivity index (χ0) is 25.9. The average Bonchev–Trinajstić information content (AvgIpc) is 2.99. The van der Waals surface area contributed by atoms with E-state index in [-0.39, 0.29) is 0 Å². The Labute approximate surface area is 221 Å². The van der Waals surface area contributed by atoms with Crippen molar-refractivity contribution < 1.29 is 0 Å². The standard InChI is InChI=1S/C36H22N2/c1-38-30-18-14-26(15-19-30)7-11-28-17-21-34-33-20-16-27(10-6-25-8-12-29(24-37)13-9-25)22-35(33)31-4-2-3-5-32(31)36(34)23-28/h2-23H/b10-6+,11-7+. The van der Waals surface area contributed by atoms with Gasteiger partial charge in [-0.15, -0.1) is 0 Å². The summed E-state index contributed by atoms with van der Waals surface area (Å²) < 4.78 is 0. The molecule has 0 heterocycles. The summed E-state index contributed by atoms with van der Waals surface area (Å²) in [5, 5.41) is 16.4. The number of fused-ring (bicyclic) bond motifs is 6. The van der Waals surface area contributed by atoms with Crippen molar-refractivity contribution in [1.29, 1.82) is 5.26 Å². The van der Waals surface area contributed by atoms with Gasteiger partial charge in [0.1, 0.15) is 0 Å². The molecule has 0 N–H and O–H groups in total. The average molecular weight is 483 g/mol. The van der Waals surface area contributed by atoms with Crippen LogP contribution in [-0.4, -0.2) is 0 Å². The third-order valence-corrected chi connectivity index (χ3v) is 6.88. The van der Waals surface area contributed by atoms with Crippen molar-refractivity contribution in [2.45, 2.75) is 0 Å². The first-order chi connectivity index (χ1) is 18.7. The quantitative estimate of drug-likeness (QED) is 0.140. The van der Waals surface area contributed by atoms with Crippen LogP contribution in [0.25, 0.3) is 61.5 Å². The topological polar surface area (TPSA) is 28.1 Å². The fourth-order valence-electron chi connectivity index (χ4n) is 4.91. The van der Waals surface area contributed by atoms with Gasteiger partial charge in [0.2, 0.25) is 0 Å². The van der Waals surface area contributed by atoms with Crippen molar-refractivity contribution in [3.8, 4) is 6.07 Å². The van der Waals surface area contributed by atoms with Gasteiger partial charge in [-0.3, -0.25) is 0 Å². The molecule has 0 aliphatic rings. The fraction of sp³-hybridized carbons (Fsp3) is 0. The highest BCUT2D eigenvalue weighted by molar-refractivity contribution is 6.25.